The summed E-state index contributed by atoms with van der Waals surface area (Å²) in [6.07, 6.45) is 10.1. The maximum atomic E-state index is 5.58. The highest BCUT2D eigenvalue weighted by atomic mass is 35.5. The van der Waals surface area contributed by atoms with Gasteiger partial charge in [-0.25, -0.2) is 0 Å². The molecule has 0 saturated heterocycles. The van der Waals surface area contributed by atoms with Crippen LogP contribution in [0.4, 0.5) is 0 Å². The lowest BCUT2D eigenvalue weighted by Crippen LogP contribution is -3.00. The monoisotopic (exact) mass is 610 g/mol. The third-order valence-electron chi connectivity index (χ3n) is 4.75. The molecule has 0 aliphatic carbocycles. The number of terminal acetylenes is 2. The normalized spacial score (nSPS) is 9.63. The number of hydrogen-bond acceptors (Lipinski definition) is 7. The molecule has 3 N–H and O–H groups in total. The molecular formula is C31H44Cl2N2O6. The first kappa shape index (κ1) is 40.7. The Balaban J connectivity index is 0. The van der Waals surface area contributed by atoms with E-state index in [4.69, 9.17) is 46.3 Å². The Morgan fingerprint density at radius 1 is 0.585 bits per heavy atom. The third kappa shape index (κ3) is 23.9. The SMILES string of the molecule is C#CCOCCOCCOCCN=C(c1ccccc1)c1ccccc1.C#CCOCCOCCOCC[NH3+].Cl.[Cl-]. The van der Waals surface area contributed by atoms with Gasteiger partial charge in [0.05, 0.1) is 84.9 Å². The summed E-state index contributed by atoms with van der Waals surface area (Å²) in [6, 6.07) is 20.4. The molecule has 0 heterocycles. The zero-order chi connectivity index (χ0) is 28.1. The summed E-state index contributed by atoms with van der Waals surface area (Å²) in [5, 5.41) is 0. The largest absolute Gasteiger partial charge is 1.00 e. The molecule has 0 atom stereocenters. The van der Waals surface area contributed by atoms with Crippen LogP contribution in [0.1, 0.15) is 11.1 Å². The van der Waals surface area contributed by atoms with E-state index in [0.717, 1.165) is 23.4 Å². The van der Waals surface area contributed by atoms with E-state index in [1.165, 1.54) is 0 Å². The Hall–Kier alpha value is -2.47. The molecule has 0 radical (unpaired) electrons. The number of ether oxygens (including phenoxy) is 6. The van der Waals surface area contributed by atoms with E-state index in [9.17, 15) is 0 Å². The predicted octanol–water partition coefficient (Wildman–Crippen LogP) is -0.456. The summed E-state index contributed by atoms with van der Waals surface area (Å²) in [7, 11) is 0. The van der Waals surface area contributed by atoms with Gasteiger partial charge in [0.15, 0.2) is 0 Å². The molecule has 0 aromatic heterocycles. The van der Waals surface area contributed by atoms with Gasteiger partial charge in [0.1, 0.15) is 13.2 Å². The van der Waals surface area contributed by atoms with Crippen LogP contribution in [-0.4, -0.2) is 98.1 Å². The van der Waals surface area contributed by atoms with Crippen molar-refractivity contribution >= 4 is 18.1 Å². The highest BCUT2D eigenvalue weighted by Crippen LogP contribution is 2.10. The second-order valence-corrected chi connectivity index (χ2v) is 7.78. The van der Waals surface area contributed by atoms with Crippen LogP contribution < -0.4 is 18.1 Å². The molecule has 10 heteroatoms. The van der Waals surface area contributed by atoms with Gasteiger partial charge in [-0.05, 0) is 0 Å². The van der Waals surface area contributed by atoms with E-state index < -0.39 is 0 Å². The van der Waals surface area contributed by atoms with Gasteiger partial charge in [-0.3, -0.25) is 4.99 Å². The van der Waals surface area contributed by atoms with E-state index in [1.54, 1.807) is 0 Å². The minimum Gasteiger partial charge on any atom is -1.00 e. The van der Waals surface area contributed by atoms with E-state index in [-0.39, 0.29) is 24.8 Å². The fourth-order valence-electron chi connectivity index (χ4n) is 3.01. The maximum absolute atomic E-state index is 5.58. The van der Waals surface area contributed by atoms with Crippen LogP contribution in [0.15, 0.2) is 65.7 Å². The molecule has 0 fully saturated rings. The minimum absolute atomic E-state index is 0. The molecule has 0 aliphatic heterocycles. The van der Waals surface area contributed by atoms with Crippen LogP contribution >= 0.6 is 12.4 Å². The van der Waals surface area contributed by atoms with Gasteiger partial charge in [0.25, 0.3) is 0 Å². The number of benzene rings is 2. The van der Waals surface area contributed by atoms with Gasteiger partial charge in [-0.15, -0.1) is 25.3 Å². The van der Waals surface area contributed by atoms with Gasteiger partial charge in [-0.2, -0.15) is 0 Å². The van der Waals surface area contributed by atoms with E-state index >= 15 is 0 Å². The van der Waals surface area contributed by atoms with Crippen molar-refractivity contribution in [2.45, 2.75) is 0 Å². The first-order valence-corrected chi connectivity index (χ1v) is 13.1. The van der Waals surface area contributed by atoms with E-state index in [2.05, 4.69) is 41.8 Å². The van der Waals surface area contributed by atoms with Gasteiger partial charge >= 0.3 is 0 Å². The summed E-state index contributed by atoms with van der Waals surface area (Å²) in [6.45, 7) is 7.74. The quantitative estimate of drug-likeness (QED) is 0.117. The van der Waals surface area contributed by atoms with Crippen molar-refractivity contribution in [1.82, 2.24) is 0 Å². The van der Waals surface area contributed by atoms with Gasteiger partial charge in [0, 0.05) is 11.1 Å². The molecule has 2 aromatic rings. The maximum Gasteiger partial charge on any atom is 0.107 e. The summed E-state index contributed by atoms with van der Waals surface area (Å²) in [5.41, 5.74) is 6.84. The lowest BCUT2D eigenvalue weighted by atomic mass is 10.0. The highest BCUT2D eigenvalue weighted by Gasteiger charge is 2.05. The van der Waals surface area contributed by atoms with Crippen LogP contribution in [0.3, 0.4) is 0 Å². The molecule has 0 aliphatic rings. The van der Waals surface area contributed by atoms with Crippen LogP contribution in [0.5, 0.6) is 0 Å². The lowest BCUT2D eigenvalue weighted by molar-refractivity contribution is -0.374. The Bertz CT molecular complexity index is 896. The molecule has 41 heavy (non-hydrogen) atoms. The number of halogens is 2. The smallest absolute Gasteiger partial charge is 0.107 e. The Labute approximate surface area is 258 Å². The molecule has 2 rings (SSSR count). The number of aliphatic imine (C=N–C) groups is 1. The zero-order valence-electron chi connectivity index (χ0n) is 23.7. The average molecular weight is 612 g/mol. The van der Waals surface area contributed by atoms with E-state index in [0.29, 0.717) is 85.8 Å². The summed E-state index contributed by atoms with van der Waals surface area (Å²) in [5.74, 6) is 4.79. The summed E-state index contributed by atoms with van der Waals surface area (Å²) >= 11 is 0. The third-order valence-corrected chi connectivity index (χ3v) is 4.75. The molecular weight excluding hydrogens is 567 g/mol. The molecule has 228 valence electrons. The van der Waals surface area contributed by atoms with Crippen molar-refractivity contribution < 1.29 is 46.6 Å². The molecule has 2 aromatic carbocycles. The number of hydrogen-bond donors (Lipinski definition) is 1. The average Bonchev–Trinajstić information content (AvgIpc) is 2.98. The number of rotatable bonds is 21. The second-order valence-electron chi connectivity index (χ2n) is 7.78. The standard InChI is InChI=1S/C22H25NO3.C9H17NO3.2ClH/c1-2-14-24-16-18-26-19-17-25-15-13-23-22(20-9-5-3-6-10-20)21-11-7-4-8-12-21;1-2-4-11-6-8-13-9-7-12-5-3-10;;/h1,3-12H,13-19H2;1H,3-10H2;2*1H. The van der Waals surface area contributed by atoms with Crippen LogP contribution in [-0.2, 0) is 28.4 Å². The topological polar surface area (TPSA) is 95.4 Å². The lowest BCUT2D eigenvalue weighted by Gasteiger charge is -2.08. The van der Waals surface area contributed by atoms with Crippen LogP contribution in [0.25, 0.3) is 0 Å². The van der Waals surface area contributed by atoms with Gasteiger partial charge < -0.3 is 46.6 Å². The van der Waals surface area contributed by atoms with Crippen molar-refractivity contribution in [3.8, 4) is 24.7 Å². The Morgan fingerprint density at radius 2 is 0.951 bits per heavy atom. The summed E-state index contributed by atoms with van der Waals surface area (Å²) < 4.78 is 31.4. The second kappa shape index (κ2) is 32.0. The van der Waals surface area contributed by atoms with Gasteiger partial charge in [-0.1, -0.05) is 72.5 Å². The fourth-order valence-corrected chi connectivity index (χ4v) is 3.01. The van der Waals surface area contributed by atoms with Gasteiger partial charge in [0.2, 0.25) is 0 Å². The highest BCUT2D eigenvalue weighted by molar-refractivity contribution is 6.12. The molecule has 0 unspecified atom stereocenters. The van der Waals surface area contributed by atoms with Crippen molar-refractivity contribution in [2.75, 3.05) is 92.4 Å². The zero-order valence-corrected chi connectivity index (χ0v) is 25.3. The molecule has 0 spiro atoms. The summed E-state index contributed by atoms with van der Waals surface area (Å²) in [4.78, 5) is 4.74. The van der Waals surface area contributed by atoms with Crippen molar-refractivity contribution in [3.05, 3.63) is 71.8 Å². The molecule has 0 bridgehead atoms. The predicted molar refractivity (Wildman–Crippen MR) is 161 cm³/mol. The fraction of sp³-hybridized carbons (Fsp3) is 0.452. The minimum atomic E-state index is 0. The van der Waals surface area contributed by atoms with Crippen molar-refractivity contribution in [2.24, 2.45) is 4.99 Å². The number of quaternary nitrogens is 1. The van der Waals surface area contributed by atoms with Crippen molar-refractivity contribution in [3.63, 3.8) is 0 Å². The molecule has 0 saturated carbocycles. The first-order valence-electron chi connectivity index (χ1n) is 13.1. The van der Waals surface area contributed by atoms with E-state index in [1.807, 2.05) is 36.4 Å². The first-order chi connectivity index (χ1) is 19.3. The molecule has 0 amide bonds. The Morgan fingerprint density at radius 3 is 1.34 bits per heavy atom. The van der Waals surface area contributed by atoms with Crippen LogP contribution in [0.2, 0.25) is 0 Å². The Kier molecular flexibility index (Phi) is 31.8. The number of nitrogens with zero attached hydrogens (tertiary/aromatic N) is 1. The molecule has 8 nitrogen and oxygen atoms in total. The van der Waals surface area contributed by atoms with Crippen LogP contribution in [0, 0.1) is 24.7 Å². The van der Waals surface area contributed by atoms with Crippen molar-refractivity contribution in [1.29, 1.82) is 0 Å².